The Morgan fingerprint density at radius 1 is 1.31 bits per heavy atom. The first-order chi connectivity index (χ1) is 14.9. The zero-order valence-electron chi connectivity index (χ0n) is 17.7. The lowest BCUT2D eigenvalue weighted by Crippen LogP contribution is -2.50. The largest absolute Gasteiger partial charge is 0.491 e. The Bertz CT molecular complexity index is 1130. The summed E-state index contributed by atoms with van der Waals surface area (Å²) < 4.78 is 47.1. The van der Waals surface area contributed by atoms with Crippen LogP contribution in [-0.2, 0) is 6.18 Å². The standard InChI is InChI=1S/C21H24F3N5O3/c1-11(2)9-20(3,29-19(30)31)10-32-15-5-4-12(8-14(15)21(22,23)24)13-6-7-26-17-16(13)27-18(25)28-17/h4-8,11,29H,9-10H2,1-3H3,(H,30,31)(H3,25,26,27,28). The molecule has 1 unspecified atom stereocenters. The molecule has 2 aromatic heterocycles. The summed E-state index contributed by atoms with van der Waals surface area (Å²) in [5.74, 6) is -0.194. The molecule has 1 atom stereocenters. The number of carbonyl (C=O) groups is 1. The Hall–Kier alpha value is -3.50. The first-order valence-corrected chi connectivity index (χ1v) is 9.84. The molecule has 0 saturated heterocycles. The molecule has 5 N–H and O–H groups in total. The molecule has 172 valence electrons. The lowest BCUT2D eigenvalue weighted by Gasteiger charge is -2.31. The maximum Gasteiger partial charge on any atom is 0.419 e. The fraction of sp³-hybridized carbons (Fsp3) is 0.381. The minimum Gasteiger partial charge on any atom is -0.491 e. The number of anilines is 1. The maximum absolute atomic E-state index is 13.9. The van der Waals surface area contributed by atoms with Crippen LogP contribution < -0.4 is 15.8 Å². The molecule has 0 radical (unpaired) electrons. The summed E-state index contributed by atoms with van der Waals surface area (Å²) in [7, 11) is 0. The van der Waals surface area contributed by atoms with Crippen molar-refractivity contribution in [2.45, 2.75) is 38.9 Å². The SMILES string of the molecule is CC(C)CC(C)(COc1ccc(-c2ccnc3nc(N)[nH]c23)cc1C(F)(F)F)NC(=O)O. The molecule has 0 saturated carbocycles. The molecular formula is C21H24F3N5O3. The summed E-state index contributed by atoms with van der Waals surface area (Å²) in [4.78, 5) is 22.0. The van der Waals surface area contributed by atoms with Crippen molar-refractivity contribution >= 4 is 23.2 Å². The Morgan fingerprint density at radius 2 is 2.03 bits per heavy atom. The number of halogens is 3. The second-order valence-corrected chi connectivity index (χ2v) is 8.27. The van der Waals surface area contributed by atoms with E-state index in [0.29, 0.717) is 17.5 Å². The van der Waals surface area contributed by atoms with Gasteiger partial charge in [0.25, 0.3) is 0 Å². The quantitative estimate of drug-likeness (QED) is 0.413. The molecule has 8 nitrogen and oxygen atoms in total. The van der Waals surface area contributed by atoms with Gasteiger partial charge in [-0.05, 0) is 43.0 Å². The molecule has 1 aromatic carbocycles. The van der Waals surface area contributed by atoms with E-state index in [1.54, 1.807) is 13.0 Å². The number of pyridine rings is 1. The van der Waals surface area contributed by atoms with Gasteiger partial charge < -0.3 is 25.9 Å². The van der Waals surface area contributed by atoms with Crippen LogP contribution in [0.3, 0.4) is 0 Å². The average Bonchev–Trinajstić information content (AvgIpc) is 3.04. The van der Waals surface area contributed by atoms with Gasteiger partial charge in [-0.15, -0.1) is 0 Å². The molecule has 0 bridgehead atoms. The summed E-state index contributed by atoms with van der Waals surface area (Å²) in [5.41, 5.74) is 5.05. The molecule has 0 aliphatic carbocycles. The van der Waals surface area contributed by atoms with Crippen molar-refractivity contribution in [3.05, 3.63) is 36.0 Å². The van der Waals surface area contributed by atoms with Crippen molar-refractivity contribution in [3.8, 4) is 16.9 Å². The molecular weight excluding hydrogens is 427 g/mol. The number of ether oxygens (including phenoxy) is 1. The van der Waals surface area contributed by atoms with Gasteiger partial charge >= 0.3 is 12.3 Å². The number of carboxylic acid groups (broad SMARTS) is 1. The van der Waals surface area contributed by atoms with E-state index in [0.717, 1.165) is 6.07 Å². The molecule has 2 heterocycles. The Balaban J connectivity index is 1.98. The van der Waals surface area contributed by atoms with E-state index in [4.69, 9.17) is 15.6 Å². The van der Waals surface area contributed by atoms with E-state index in [1.165, 1.54) is 18.3 Å². The molecule has 0 aliphatic rings. The first-order valence-electron chi connectivity index (χ1n) is 9.84. The highest BCUT2D eigenvalue weighted by molar-refractivity contribution is 5.90. The van der Waals surface area contributed by atoms with Crippen LogP contribution in [-0.4, -0.2) is 38.3 Å². The van der Waals surface area contributed by atoms with Gasteiger partial charge in [-0.25, -0.2) is 9.78 Å². The number of hydrogen-bond acceptors (Lipinski definition) is 5. The number of amides is 1. The van der Waals surface area contributed by atoms with Crippen LogP contribution in [0.4, 0.5) is 23.9 Å². The van der Waals surface area contributed by atoms with Gasteiger partial charge in [0, 0.05) is 11.8 Å². The van der Waals surface area contributed by atoms with E-state index < -0.39 is 29.1 Å². The molecule has 3 aromatic rings. The Morgan fingerprint density at radius 3 is 2.66 bits per heavy atom. The summed E-state index contributed by atoms with van der Waals surface area (Å²) in [6, 6.07) is 5.25. The highest BCUT2D eigenvalue weighted by Crippen LogP contribution is 2.40. The number of fused-ring (bicyclic) bond motifs is 1. The van der Waals surface area contributed by atoms with Crippen molar-refractivity contribution in [3.63, 3.8) is 0 Å². The number of rotatable bonds is 7. The van der Waals surface area contributed by atoms with Crippen LogP contribution in [0, 0.1) is 5.92 Å². The molecule has 3 rings (SSSR count). The second-order valence-electron chi connectivity index (χ2n) is 8.27. The average molecular weight is 451 g/mol. The zero-order chi connectivity index (χ0) is 23.7. The number of nitrogens with two attached hydrogens (primary N) is 1. The van der Waals surface area contributed by atoms with Crippen LogP contribution in [0.25, 0.3) is 22.3 Å². The zero-order valence-corrected chi connectivity index (χ0v) is 17.7. The number of nitrogens with zero attached hydrogens (tertiary/aromatic N) is 2. The molecule has 32 heavy (non-hydrogen) atoms. The number of nitrogen functional groups attached to an aromatic ring is 1. The van der Waals surface area contributed by atoms with Crippen LogP contribution in [0.5, 0.6) is 5.75 Å². The third-order valence-corrected chi connectivity index (χ3v) is 4.82. The van der Waals surface area contributed by atoms with E-state index in [9.17, 15) is 18.0 Å². The summed E-state index contributed by atoms with van der Waals surface area (Å²) in [5, 5.41) is 11.5. The summed E-state index contributed by atoms with van der Waals surface area (Å²) in [6.07, 6.45) is -4.15. The van der Waals surface area contributed by atoms with Crippen LogP contribution >= 0.6 is 0 Å². The number of imidazole rings is 1. The molecule has 1 amide bonds. The maximum atomic E-state index is 13.9. The van der Waals surface area contributed by atoms with E-state index in [2.05, 4.69) is 20.3 Å². The highest BCUT2D eigenvalue weighted by Gasteiger charge is 2.36. The highest BCUT2D eigenvalue weighted by atomic mass is 19.4. The van der Waals surface area contributed by atoms with Gasteiger partial charge in [-0.3, -0.25) is 0 Å². The van der Waals surface area contributed by atoms with Crippen LogP contribution in [0.15, 0.2) is 30.5 Å². The van der Waals surface area contributed by atoms with Crippen molar-refractivity contribution in [2.24, 2.45) is 5.92 Å². The van der Waals surface area contributed by atoms with Gasteiger partial charge in [-0.1, -0.05) is 19.9 Å². The van der Waals surface area contributed by atoms with Gasteiger partial charge in [-0.2, -0.15) is 18.2 Å². The number of aromatic nitrogens is 3. The van der Waals surface area contributed by atoms with Gasteiger partial charge in [0.15, 0.2) is 11.6 Å². The molecule has 0 fully saturated rings. The van der Waals surface area contributed by atoms with Crippen molar-refractivity contribution in [2.75, 3.05) is 12.3 Å². The lowest BCUT2D eigenvalue weighted by molar-refractivity contribution is -0.139. The van der Waals surface area contributed by atoms with Crippen molar-refractivity contribution in [1.82, 2.24) is 20.3 Å². The lowest BCUT2D eigenvalue weighted by atomic mass is 9.91. The number of benzene rings is 1. The van der Waals surface area contributed by atoms with Gasteiger partial charge in [0.05, 0.1) is 16.6 Å². The predicted molar refractivity (Wildman–Crippen MR) is 113 cm³/mol. The number of aromatic amines is 1. The van der Waals surface area contributed by atoms with E-state index >= 15 is 0 Å². The number of alkyl halides is 3. The number of H-pyrrole nitrogens is 1. The normalized spacial score (nSPS) is 13.8. The first kappa shape index (κ1) is 23.2. The smallest absolute Gasteiger partial charge is 0.419 e. The second kappa shape index (κ2) is 8.56. The molecule has 0 aliphatic heterocycles. The number of nitrogens with one attached hydrogen (secondary N) is 2. The summed E-state index contributed by atoms with van der Waals surface area (Å²) in [6.45, 7) is 5.10. The van der Waals surface area contributed by atoms with Crippen LogP contribution in [0.1, 0.15) is 32.8 Å². The minimum atomic E-state index is -4.70. The third-order valence-electron chi connectivity index (χ3n) is 4.82. The summed E-state index contributed by atoms with van der Waals surface area (Å²) >= 11 is 0. The molecule has 11 heteroatoms. The monoisotopic (exact) mass is 451 g/mol. The topological polar surface area (TPSA) is 126 Å². The Kier molecular flexibility index (Phi) is 6.20. The third kappa shape index (κ3) is 5.21. The molecule has 0 spiro atoms. The minimum absolute atomic E-state index is 0.0934. The predicted octanol–water partition coefficient (Wildman–Crippen LogP) is 4.68. The van der Waals surface area contributed by atoms with E-state index in [-0.39, 0.29) is 29.7 Å². The van der Waals surface area contributed by atoms with Gasteiger partial charge in [0.2, 0.25) is 0 Å². The van der Waals surface area contributed by atoms with Crippen LogP contribution in [0.2, 0.25) is 0 Å². The fourth-order valence-electron chi connectivity index (χ4n) is 3.76. The fourth-order valence-corrected chi connectivity index (χ4v) is 3.76. The van der Waals surface area contributed by atoms with Crippen molar-refractivity contribution < 1.29 is 27.8 Å². The van der Waals surface area contributed by atoms with Crippen molar-refractivity contribution in [1.29, 1.82) is 0 Å². The van der Waals surface area contributed by atoms with Gasteiger partial charge in [0.1, 0.15) is 12.4 Å². The Labute approximate surface area is 182 Å². The number of hydrogen-bond donors (Lipinski definition) is 4. The van der Waals surface area contributed by atoms with E-state index in [1.807, 2.05) is 13.8 Å².